The Morgan fingerprint density at radius 3 is 2.56 bits per heavy atom. The highest BCUT2D eigenvalue weighted by molar-refractivity contribution is 5.95. The van der Waals surface area contributed by atoms with Gasteiger partial charge in [-0.3, -0.25) is 10.1 Å². The van der Waals surface area contributed by atoms with E-state index in [4.69, 9.17) is 18.7 Å². The van der Waals surface area contributed by atoms with E-state index in [2.05, 4.69) is 5.16 Å². The predicted molar refractivity (Wildman–Crippen MR) is 85.9 cm³/mol. The number of methoxy groups -OCH3 is 1. The Kier molecular flexibility index (Phi) is 5.58. The number of esters is 1. The zero-order chi connectivity index (χ0) is 18.6. The second kappa shape index (κ2) is 7.65. The molecule has 0 bridgehead atoms. The molecule has 0 N–H and O–H groups in total. The SMILES string of the molecule is CCOc1cc([N+](=O)[O-])c(C(=O)OCc2c(C)noc2C)cc1OC. The minimum atomic E-state index is -0.854. The molecular weight excluding hydrogens is 332 g/mol. The Bertz CT molecular complexity index is 779. The normalized spacial score (nSPS) is 10.4. The van der Waals surface area contributed by atoms with E-state index in [1.165, 1.54) is 13.2 Å². The molecule has 0 aliphatic rings. The summed E-state index contributed by atoms with van der Waals surface area (Å²) in [5, 5.41) is 15.1. The number of hydrogen-bond donors (Lipinski definition) is 0. The van der Waals surface area contributed by atoms with Crippen molar-refractivity contribution in [1.29, 1.82) is 0 Å². The van der Waals surface area contributed by atoms with E-state index in [1.54, 1.807) is 20.8 Å². The lowest BCUT2D eigenvalue weighted by Crippen LogP contribution is -2.10. The molecule has 134 valence electrons. The zero-order valence-electron chi connectivity index (χ0n) is 14.3. The number of nitro groups is 1. The summed E-state index contributed by atoms with van der Waals surface area (Å²) < 4.78 is 20.6. The number of hydrogen-bond acceptors (Lipinski definition) is 8. The first-order chi connectivity index (χ1) is 11.9. The monoisotopic (exact) mass is 350 g/mol. The summed E-state index contributed by atoms with van der Waals surface area (Å²) in [5.41, 5.74) is 0.558. The van der Waals surface area contributed by atoms with E-state index >= 15 is 0 Å². The van der Waals surface area contributed by atoms with Crippen LogP contribution >= 0.6 is 0 Å². The molecule has 0 spiro atoms. The number of aryl methyl sites for hydroxylation is 2. The van der Waals surface area contributed by atoms with Crippen molar-refractivity contribution in [3.63, 3.8) is 0 Å². The molecule has 0 saturated carbocycles. The van der Waals surface area contributed by atoms with Crippen LogP contribution < -0.4 is 9.47 Å². The lowest BCUT2D eigenvalue weighted by molar-refractivity contribution is -0.385. The van der Waals surface area contributed by atoms with Crippen molar-refractivity contribution in [2.24, 2.45) is 0 Å². The van der Waals surface area contributed by atoms with Crippen molar-refractivity contribution in [2.45, 2.75) is 27.4 Å². The molecule has 25 heavy (non-hydrogen) atoms. The molecule has 0 amide bonds. The van der Waals surface area contributed by atoms with Crippen LogP contribution in [0.4, 0.5) is 5.69 Å². The molecule has 9 heteroatoms. The summed E-state index contributed by atoms with van der Waals surface area (Å²) in [6.45, 7) is 5.32. The highest BCUT2D eigenvalue weighted by Crippen LogP contribution is 2.35. The van der Waals surface area contributed by atoms with E-state index in [9.17, 15) is 14.9 Å². The van der Waals surface area contributed by atoms with Gasteiger partial charge < -0.3 is 18.7 Å². The van der Waals surface area contributed by atoms with Gasteiger partial charge in [-0.1, -0.05) is 5.16 Å². The largest absolute Gasteiger partial charge is 0.493 e. The van der Waals surface area contributed by atoms with E-state index in [-0.39, 0.29) is 23.7 Å². The third-order valence-electron chi connectivity index (χ3n) is 3.53. The van der Waals surface area contributed by atoms with Crippen LogP contribution in [-0.4, -0.2) is 29.8 Å². The number of rotatable bonds is 7. The highest BCUT2D eigenvalue weighted by Gasteiger charge is 2.26. The van der Waals surface area contributed by atoms with Gasteiger partial charge in [0.2, 0.25) is 0 Å². The number of nitrogens with zero attached hydrogens (tertiary/aromatic N) is 2. The van der Waals surface area contributed by atoms with Crippen LogP contribution in [0, 0.1) is 24.0 Å². The van der Waals surface area contributed by atoms with Crippen molar-refractivity contribution < 1.29 is 28.5 Å². The van der Waals surface area contributed by atoms with Gasteiger partial charge >= 0.3 is 5.97 Å². The van der Waals surface area contributed by atoms with E-state index in [0.29, 0.717) is 23.6 Å². The Hall–Kier alpha value is -3.10. The summed E-state index contributed by atoms with van der Waals surface area (Å²) in [5.74, 6) is 0.0489. The number of ether oxygens (including phenoxy) is 3. The standard InChI is InChI=1S/C16H18N2O7/c1-5-23-15-7-13(18(20)21)11(6-14(15)22-4)16(19)24-8-12-9(2)17-25-10(12)3/h6-7H,5,8H2,1-4H3. The average Bonchev–Trinajstić information content (AvgIpc) is 2.90. The summed E-state index contributed by atoms with van der Waals surface area (Å²) in [6, 6.07) is 2.38. The fraction of sp³-hybridized carbons (Fsp3) is 0.375. The second-order valence-corrected chi connectivity index (χ2v) is 5.09. The number of benzene rings is 1. The van der Waals surface area contributed by atoms with Gasteiger partial charge in [0.1, 0.15) is 17.9 Å². The Morgan fingerprint density at radius 2 is 2.04 bits per heavy atom. The first kappa shape index (κ1) is 18.2. The molecule has 1 aromatic heterocycles. The van der Waals surface area contributed by atoms with Crippen LogP contribution in [0.25, 0.3) is 0 Å². The van der Waals surface area contributed by atoms with Gasteiger partial charge in [-0.05, 0) is 20.8 Å². The van der Waals surface area contributed by atoms with Crippen LogP contribution in [-0.2, 0) is 11.3 Å². The fourth-order valence-corrected chi connectivity index (χ4v) is 2.22. The third kappa shape index (κ3) is 3.87. The van der Waals surface area contributed by atoms with Crippen LogP contribution in [0.15, 0.2) is 16.7 Å². The van der Waals surface area contributed by atoms with Crippen molar-refractivity contribution in [3.05, 3.63) is 44.8 Å². The molecular formula is C16H18N2O7. The molecule has 9 nitrogen and oxygen atoms in total. The van der Waals surface area contributed by atoms with Gasteiger partial charge in [-0.15, -0.1) is 0 Å². The topological polar surface area (TPSA) is 114 Å². The molecule has 0 saturated heterocycles. The Labute approximate surface area is 143 Å². The van der Waals surface area contributed by atoms with Crippen molar-refractivity contribution in [2.75, 3.05) is 13.7 Å². The molecule has 2 aromatic rings. The predicted octanol–water partition coefficient (Wildman–Crippen LogP) is 2.96. The lowest BCUT2D eigenvalue weighted by atomic mass is 10.1. The smallest absolute Gasteiger partial charge is 0.345 e. The average molecular weight is 350 g/mol. The minimum Gasteiger partial charge on any atom is -0.493 e. The summed E-state index contributed by atoms with van der Waals surface area (Å²) in [7, 11) is 1.38. The second-order valence-electron chi connectivity index (χ2n) is 5.09. The maximum absolute atomic E-state index is 12.4. The van der Waals surface area contributed by atoms with E-state index < -0.39 is 16.6 Å². The summed E-state index contributed by atoms with van der Waals surface area (Å²) in [4.78, 5) is 23.0. The molecule has 0 aliphatic heterocycles. The Balaban J connectivity index is 2.32. The Morgan fingerprint density at radius 1 is 1.32 bits per heavy atom. The van der Waals surface area contributed by atoms with Gasteiger partial charge in [-0.2, -0.15) is 0 Å². The van der Waals surface area contributed by atoms with E-state index in [0.717, 1.165) is 6.07 Å². The first-order valence-electron chi connectivity index (χ1n) is 7.47. The molecule has 0 radical (unpaired) electrons. The molecule has 0 fully saturated rings. The first-order valence-corrected chi connectivity index (χ1v) is 7.47. The van der Waals surface area contributed by atoms with Crippen LogP contribution in [0.5, 0.6) is 11.5 Å². The van der Waals surface area contributed by atoms with Crippen molar-refractivity contribution in [3.8, 4) is 11.5 Å². The highest BCUT2D eigenvalue weighted by atomic mass is 16.6. The summed E-state index contributed by atoms with van der Waals surface area (Å²) >= 11 is 0. The molecule has 0 aliphatic carbocycles. The van der Waals surface area contributed by atoms with Crippen molar-refractivity contribution >= 4 is 11.7 Å². The maximum atomic E-state index is 12.4. The van der Waals surface area contributed by atoms with Gasteiger partial charge in [-0.25, -0.2) is 4.79 Å². The lowest BCUT2D eigenvalue weighted by Gasteiger charge is -2.11. The molecule has 1 aromatic carbocycles. The number of aromatic nitrogens is 1. The van der Waals surface area contributed by atoms with E-state index in [1.807, 2.05) is 0 Å². The van der Waals surface area contributed by atoms with Gasteiger partial charge in [0.15, 0.2) is 11.5 Å². The van der Waals surface area contributed by atoms with Crippen LogP contribution in [0.2, 0.25) is 0 Å². The van der Waals surface area contributed by atoms with Gasteiger partial charge in [0, 0.05) is 6.07 Å². The van der Waals surface area contributed by atoms with Crippen LogP contribution in [0.1, 0.15) is 34.3 Å². The minimum absolute atomic E-state index is 0.104. The quantitative estimate of drug-likeness (QED) is 0.425. The summed E-state index contributed by atoms with van der Waals surface area (Å²) in [6.07, 6.45) is 0. The number of carbonyl (C=O) groups is 1. The van der Waals surface area contributed by atoms with Gasteiger partial charge in [0.25, 0.3) is 5.69 Å². The fourth-order valence-electron chi connectivity index (χ4n) is 2.22. The van der Waals surface area contributed by atoms with Crippen molar-refractivity contribution in [1.82, 2.24) is 5.16 Å². The number of nitro benzene ring substituents is 1. The number of carbonyl (C=O) groups excluding carboxylic acids is 1. The molecule has 0 atom stereocenters. The molecule has 0 unspecified atom stereocenters. The maximum Gasteiger partial charge on any atom is 0.345 e. The third-order valence-corrected chi connectivity index (χ3v) is 3.53. The molecule has 2 rings (SSSR count). The van der Waals surface area contributed by atoms with Crippen LogP contribution in [0.3, 0.4) is 0 Å². The molecule has 1 heterocycles. The zero-order valence-corrected chi connectivity index (χ0v) is 14.3. The van der Waals surface area contributed by atoms with Gasteiger partial charge in [0.05, 0.1) is 36.0 Å².